The van der Waals surface area contributed by atoms with Gasteiger partial charge in [-0.25, -0.2) is 0 Å². The summed E-state index contributed by atoms with van der Waals surface area (Å²) in [6.07, 6.45) is 0.786. The van der Waals surface area contributed by atoms with Crippen LogP contribution in [0.3, 0.4) is 0 Å². The summed E-state index contributed by atoms with van der Waals surface area (Å²) in [5.41, 5.74) is 1.13. The third-order valence-electron chi connectivity index (χ3n) is 2.92. The monoisotopic (exact) mass is 289 g/mol. The van der Waals surface area contributed by atoms with Gasteiger partial charge in [-0.15, -0.1) is 0 Å². The Morgan fingerprint density at radius 1 is 1.20 bits per heavy atom. The molecule has 0 radical (unpaired) electrons. The number of methoxy groups -OCH3 is 1. The second-order valence-corrected chi connectivity index (χ2v) is 5.31. The van der Waals surface area contributed by atoms with Crippen LogP contribution in [0.25, 0.3) is 0 Å². The summed E-state index contributed by atoms with van der Waals surface area (Å²) in [5.74, 6) is 0.769. The van der Waals surface area contributed by atoms with Gasteiger partial charge in [0.2, 0.25) is 0 Å². The van der Waals surface area contributed by atoms with Gasteiger partial charge >= 0.3 is 0 Å². The van der Waals surface area contributed by atoms with Gasteiger partial charge in [0, 0.05) is 11.0 Å². The summed E-state index contributed by atoms with van der Waals surface area (Å²) in [6.45, 7) is 1.98. The fourth-order valence-electron chi connectivity index (χ4n) is 1.78. The molecule has 0 aliphatic rings. The molecule has 0 aromatic heterocycles. The number of hydrogen-bond donors (Lipinski definition) is 0. The van der Waals surface area contributed by atoms with Crippen molar-refractivity contribution >= 4 is 17.4 Å². The van der Waals surface area contributed by atoms with Crippen molar-refractivity contribution in [3.05, 3.63) is 58.1 Å². The molecule has 2 aromatic rings. The molecular formula is C15H15NO3S. The number of benzene rings is 2. The van der Waals surface area contributed by atoms with Crippen LogP contribution in [0.15, 0.2) is 52.3 Å². The lowest BCUT2D eigenvalue weighted by atomic mass is 10.1. The van der Waals surface area contributed by atoms with Crippen molar-refractivity contribution in [1.29, 1.82) is 0 Å². The van der Waals surface area contributed by atoms with Crippen LogP contribution in [0.5, 0.6) is 5.75 Å². The lowest BCUT2D eigenvalue weighted by Crippen LogP contribution is -1.93. The van der Waals surface area contributed by atoms with Gasteiger partial charge in [0.15, 0.2) is 0 Å². The average Bonchev–Trinajstić information content (AvgIpc) is 2.48. The molecule has 0 amide bonds. The van der Waals surface area contributed by atoms with Crippen molar-refractivity contribution in [2.24, 2.45) is 0 Å². The van der Waals surface area contributed by atoms with Crippen molar-refractivity contribution in [2.75, 3.05) is 7.11 Å². The molecule has 0 bridgehead atoms. The molecule has 0 heterocycles. The van der Waals surface area contributed by atoms with E-state index in [4.69, 9.17) is 4.74 Å². The van der Waals surface area contributed by atoms with E-state index >= 15 is 0 Å². The molecule has 0 saturated carbocycles. The molecular weight excluding hydrogens is 274 g/mol. The molecule has 104 valence electrons. The molecule has 0 fully saturated rings. The van der Waals surface area contributed by atoms with Gasteiger partial charge < -0.3 is 4.74 Å². The molecule has 2 aromatic carbocycles. The summed E-state index contributed by atoms with van der Waals surface area (Å²) in [4.78, 5) is 12.4. The Morgan fingerprint density at radius 2 is 1.90 bits per heavy atom. The lowest BCUT2D eigenvalue weighted by molar-refractivity contribution is -0.387. The first-order valence-corrected chi connectivity index (χ1v) is 7.05. The Morgan fingerprint density at radius 3 is 2.45 bits per heavy atom. The van der Waals surface area contributed by atoms with Crippen LogP contribution in [0.1, 0.15) is 12.5 Å². The van der Waals surface area contributed by atoms with E-state index in [1.807, 2.05) is 43.3 Å². The predicted octanol–water partition coefficient (Wildman–Crippen LogP) is 4.32. The normalized spacial score (nSPS) is 10.3. The molecule has 0 unspecified atom stereocenters. The molecule has 0 aliphatic heterocycles. The molecule has 2 rings (SSSR count). The van der Waals surface area contributed by atoms with Gasteiger partial charge in [-0.05, 0) is 42.3 Å². The van der Waals surface area contributed by atoms with Crippen LogP contribution in [-0.4, -0.2) is 12.0 Å². The Balaban J connectivity index is 2.29. The number of ether oxygens (including phenoxy) is 1. The Bertz CT molecular complexity index is 611. The first kappa shape index (κ1) is 14.4. The zero-order valence-corrected chi connectivity index (χ0v) is 12.1. The van der Waals surface area contributed by atoms with Crippen LogP contribution >= 0.6 is 11.8 Å². The van der Waals surface area contributed by atoms with Crippen molar-refractivity contribution in [3.8, 4) is 5.75 Å². The Labute approximate surface area is 121 Å². The maximum absolute atomic E-state index is 11.2. The van der Waals surface area contributed by atoms with Gasteiger partial charge in [0.25, 0.3) is 5.69 Å². The summed E-state index contributed by atoms with van der Waals surface area (Å²) in [5, 5.41) is 11.2. The predicted molar refractivity (Wildman–Crippen MR) is 79.6 cm³/mol. The van der Waals surface area contributed by atoms with Crippen molar-refractivity contribution in [3.63, 3.8) is 0 Å². The standard InChI is InChI=1S/C15H15NO3S/c1-3-11-4-9-15(14(10-11)16(17)18)20-13-7-5-12(19-2)6-8-13/h4-10H,3H2,1-2H3. The van der Waals surface area contributed by atoms with Crippen LogP contribution < -0.4 is 4.74 Å². The second kappa shape index (κ2) is 6.43. The van der Waals surface area contributed by atoms with Crippen molar-refractivity contribution < 1.29 is 9.66 Å². The average molecular weight is 289 g/mol. The first-order valence-electron chi connectivity index (χ1n) is 6.23. The van der Waals surface area contributed by atoms with E-state index in [1.54, 1.807) is 13.2 Å². The van der Waals surface area contributed by atoms with E-state index in [1.165, 1.54) is 11.8 Å². The van der Waals surface area contributed by atoms with E-state index in [2.05, 4.69) is 0 Å². The van der Waals surface area contributed by atoms with Crippen LogP contribution in [0.4, 0.5) is 5.69 Å². The molecule has 0 N–H and O–H groups in total. The highest BCUT2D eigenvalue weighted by atomic mass is 32.2. The van der Waals surface area contributed by atoms with Crippen molar-refractivity contribution in [1.82, 2.24) is 0 Å². The third-order valence-corrected chi connectivity index (χ3v) is 3.99. The number of rotatable bonds is 5. The molecule has 0 saturated heterocycles. The van der Waals surface area contributed by atoms with Gasteiger partial charge in [-0.1, -0.05) is 24.8 Å². The minimum absolute atomic E-state index is 0.158. The number of nitro benzene ring substituents is 1. The largest absolute Gasteiger partial charge is 0.497 e. The smallest absolute Gasteiger partial charge is 0.283 e. The number of hydrogen-bond acceptors (Lipinski definition) is 4. The van der Waals surface area contributed by atoms with E-state index in [-0.39, 0.29) is 10.6 Å². The fraction of sp³-hybridized carbons (Fsp3) is 0.200. The lowest BCUT2D eigenvalue weighted by Gasteiger charge is -2.06. The van der Waals surface area contributed by atoms with E-state index in [9.17, 15) is 10.1 Å². The quantitative estimate of drug-likeness (QED) is 0.607. The minimum atomic E-state index is -0.328. The zero-order valence-electron chi connectivity index (χ0n) is 11.3. The van der Waals surface area contributed by atoms with E-state index < -0.39 is 0 Å². The van der Waals surface area contributed by atoms with Crippen LogP contribution in [-0.2, 0) is 6.42 Å². The molecule has 20 heavy (non-hydrogen) atoms. The second-order valence-electron chi connectivity index (χ2n) is 4.19. The summed E-state index contributed by atoms with van der Waals surface area (Å²) < 4.78 is 5.09. The van der Waals surface area contributed by atoms with E-state index in [0.717, 1.165) is 22.6 Å². The Hall–Kier alpha value is -2.01. The molecule has 0 spiro atoms. The summed E-state index contributed by atoms with van der Waals surface area (Å²) in [7, 11) is 1.61. The fourth-order valence-corrected chi connectivity index (χ4v) is 2.68. The molecule has 0 atom stereocenters. The van der Waals surface area contributed by atoms with Gasteiger partial charge in [0.05, 0.1) is 16.9 Å². The number of aryl methyl sites for hydroxylation is 1. The highest BCUT2D eigenvalue weighted by Crippen LogP contribution is 2.36. The maximum atomic E-state index is 11.2. The third kappa shape index (κ3) is 3.30. The number of nitrogens with zero attached hydrogens (tertiary/aromatic N) is 1. The maximum Gasteiger partial charge on any atom is 0.283 e. The number of nitro groups is 1. The zero-order chi connectivity index (χ0) is 14.5. The summed E-state index contributed by atoms with van der Waals surface area (Å²) >= 11 is 1.38. The molecule has 0 aliphatic carbocycles. The van der Waals surface area contributed by atoms with Crippen LogP contribution in [0, 0.1) is 10.1 Å². The molecule has 5 heteroatoms. The Kier molecular flexibility index (Phi) is 4.63. The van der Waals surface area contributed by atoms with Crippen LogP contribution in [0.2, 0.25) is 0 Å². The first-order chi connectivity index (χ1) is 9.63. The highest BCUT2D eigenvalue weighted by molar-refractivity contribution is 7.99. The summed E-state index contributed by atoms with van der Waals surface area (Å²) in [6, 6.07) is 12.8. The van der Waals surface area contributed by atoms with Gasteiger partial charge in [-0.3, -0.25) is 10.1 Å². The van der Waals surface area contributed by atoms with E-state index in [0.29, 0.717) is 4.90 Å². The van der Waals surface area contributed by atoms with Crippen molar-refractivity contribution in [2.45, 2.75) is 23.1 Å². The van der Waals surface area contributed by atoms with Gasteiger partial charge in [0.1, 0.15) is 5.75 Å². The highest BCUT2D eigenvalue weighted by Gasteiger charge is 2.15. The van der Waals surface area contributed by atoms with Gasteiger partial charge in [-0.2, -0.15) is 0 Å². The topological polar surface area (TPSA) is 52.4 Å². The molecule has 4 nitrogen and oxygen atoms in total. The SMILES string of the molecule is CCc1ccc(Sc2ccc(OC)cc2)c([N+](=O)[O-])c1. The minimum Gasteiger partial charge on any atom is -0.497 e.